The zero-order valence-corrected chi connectivity index (χ0v) is 28.1. The summed E-state index contributed by atoms with van der Waals surface area (Å²) in [5.74, 6) is 2.64. The van der Waals surface area contributed by atoms with E-state index in [1.807, 2.05) is 77.7 Å². The highest BCUT2D eigenvalue weighted by Gasteiger charge is 2.37. The average Bonchev–Trinajstić information content (AvgIpc) is 3.69. The lowest BCUT2D eigenvalue weighted by atomic mass is 10.1. The highest BCUT2D eigenvalue weighted by atomic mass is 16.5. The molecule has 3 aliphatic rings. The van der Waals surface area contributed by atoms with Gasteiger partial charge in [-0.3, -0.25) is 14.2 Å². The van der Waals surface area contributed by atoms with Crippen LogP contribution in [-0.2, 0) is 26.1 Å². The van der Waals surface area contributed by atoms with Gasteiger partial charge in [0.25, 0.3) is 11.5 Å². The number of hydrogen-bond donors (Lipinski definition) is 1. The van der Waals surface area contributed by atoms with Crippen LogP contribution in [0.5, 0.6) is 23.0 Å². The van der Waals surface area contributed by atoms with E-state index in [9.17, 15) is 9.59 Å². The van der Waals surface area contributed by atoms with Gasteiger partial charge in [0.05, 0.1) is 48.1 Å². The highest BCUT2D eigenvalue weighted by molar-refractivity contribution is 6.12. The highest BCUT2D eigenvalue weighted by Crippen LogP contribution is 2.41. The Morgan fingerprint density at radius 2 is 1.43 bits per heavy atom. The number of carbonyl (C=O) groups excluding carboxylic acids is 1. The van der Waals surface area contributed by atoms with Crippen molar-refractivity contribution in [1.82, 2.24) is 9.55 Å². The number of ether oxygens (including phenoxy) is 4. The first-order valence-corrected chi connectivity index (χ1v) is 16.9. The summed E-state index contributed by atoms with van der Waals surface area (Å²) in [4.78, 5) is 34.1. The van der Waals surface area contributed by atoms with Gasteiger partial charge in [0.2, 0.25) is 0 Å². The number of nitrogens with one attached hydrogen (secondary N) is 1. The van der Waals surface area contributed by atoms with Crippen LogP contribution in [0.25, 0.3) is 16.6 Å². The Morgan fingerprint density at radius 1 is 0.745 bits per heavy atom. The number of rotatable bonds is 8. The van der Waals surface area contributed by atoms with Crippen molar-refractivity contribution >= 4 is 28.2 Å². The van der Waals surface area contributed by atoms with Crippen LogP contribution < -0.4 is 34.7 Å². The van der Waals surface area contributed by atoms with Crippen LogP contribution in [0.4, 0.5) is 11.4 Å². The maximum atomic E-state index is 13.8. The second-order valence-corrected chi connectivity index (χ2v) is 13.0. The van der Waals surface area contributed by atoms with Crippen LogP contribution in [0.1, 0.15) is 38.4 Å². The number of para-hydroxylation sites is 2. The minimum Gasteiger partial charge on any atom is -0.493 e. The number of amides is 1. The summed E-state index contributed by atoms with van der Waals surface area (Å²) in [5, 5.41) is 3.95. The minimum absolute atomic E-state index is 0.0372. The second kappa shape index (κ2) is 12.2. The van der Waals surface area contributed by atoms with Gasteiger partial charge in [-0.25, -0.2) is 4.98 Å². The quantitative estimate of drug-likeness (QED) is 0.195. The monoisotopic (exact) mass is 678 g/mol. The first-order chi connectivity index (χ1) is 25.0. The summed E-state index contributed by atoms with van der Waals surface area (Å²) >= 11 is 0. The lowest BCUT2D eigenvalue weighted by Crippen LogP contribution is -2.39. The molecule has 0 fully saturated rings. The van der Waals surface area contributed by atoms with E-state index in [0.717, 1.165) is 40.2 Å². The van der Waals surface area contributed by atoms with Gasteiger partial charge in [0.15, 0.2) is 23.0 Å². The van der Waals surface area contributed by atoms with Gasteiger partial charge in [-0.2, -0.15) is 0 Å². The van der Waals surface area contributed by atoms with Crippen LogP contribution in [0.15, 0.2) is 102 Å². The minimum atomic E-state index is -0.128. The Hall–Kier alpha value is -6.29. The molecule has 0 bridgehead atoms. The summed E-state index contributed by atoms with van der Waals surface area (Å²) in [6.07, 6.45) is 1.41. The molecule has 1 aromatic heterocycles. The van der Waals surface area contributed by atoms with E-state index in [-0.39, 0.29) is 30.7 Å². The van der Waals surface area contributed by atoms with E-state index in [4.69, 9.17) is 23.9 Å². The van der Waals surface area contributed by atoms with Crippen molar-refractivity contribution in [3.63, 3.8) is 0 Å². The number of aromatic nitrogens is 2. The SMILES string of the molecule is COc1cc2c(cc1OCc1cccc(COc3cc4nc5n(c(=O)c4cc3OC)-c3ccccc3C5)c1)NC[C@@H]1Cc3ccccc3N1C2=O. The molecule has 10 heteroatoms. The Balaban J connectivity index is 0.922. The standard InChI is InChI=1S/C41H34N4O6/c1-48-35-17-29-31(42-21-28-15-26-10-3-5-12-33(26)44(28)40(29)46)19-37(35)50-22-24-8-7-9-25(14-24)23-51-38-20-32-30(18-36(38)49-2)41(47)45-34-13-6-4-11-27(34)16-39(45)43-32/h3-14,17-20,28,42H,15-16,21-23H2,1-2H3/t28-/m0/s1. The van der Waals surface area contributed by atoms with Crippen LogP contribution >= 0.6 is 0 Å². The molecule has 3 aliphatic heterocycles. The zero-order chi connectivity index (χ0) is 34.6. The molecule has 0 radical (unpaired) electrons. The van der Waals surface area contributed by atoms with Gasteiger partial charge in [-0.05, 0) is 59.0 Å². The molecule has 0 spiro atoms. The maximum Gasteiger partial charge on any atom is 0.266 e. The predicted octanol–water partition coefficient (Wildman–Crippen LogP) is 6.46. The second-order valence-electron chi connectivity index (χ2n) is 13.0. The third kappa shape index (κ3) is 5.22. The molecule has 254 valence electrons. The third-order valence-electron chi connectivity index (χ3n) is 9.94. The molecule has 1 amide bonds. The molecule has 51 heavy (non-hydrogen) atoms. The maximum absolute atomic E-state index is 13.8. The van der Waals surface area contributed by atoms with E-state index in [0.29, 0.717) is 58.3 Å². The average molecular weight is 679 g/mol. The van der Waals surface area contributed by atoms with Gasteiger partial charge < -0.3 is 29.2 Å². The van der Waals surface area contributed by atoms with Crippen LogP contribution in [0.2, 0.25) is 0 Å². The molecule has 5 aromatic carbocycles. The van der Waals surface area contributed by atoms with Crippen molar-refractivity contribution in [3.8, 4) is 28.7 Å². The number of hydrogen-bond acceptors (Lipinski definition) is 8. The lowest BCUT2D eigenvalue weighted by molar-refractivity contribution is 0.0983. The number of methoxy groups -OCH3 is 2. The summed E-state index contributed by atoms with van der Waals surface area (Å²) in [6, 6.07) is 31.0. The fraction of sp³-hybridized carbons (Fsp3) is 0.195. The van der Waals surface area contributed by atoms with Gasteiger partial charge in [-0.15, -0.1) is 0 Å². The Kier molecular flexibility index (Phi) is 7.38. The van der Waals surface area contributed by atoms with E-state index in [1.54, 1.807) is 37.0 Å². The van der Waals surface area contributed by atoms with Crippen LogP contribution in [0.3, 0.4) is 0 Å². The number of nitrogens with zero attached hydrogens (tertiary/aromatic N) is 3. The molecule has 0 aliphatic carbocycles. The van der Waals surface area contributed by atoms with Gasteiger partial charge in [-0.1, -0.05) is 54.6 Å². The van der Waals surface area contributed by atoms with Gasteiger partial charge >= 0.3 is 0 Å². The Labute approximate surface area is 293 Å². The van der Waals surface area contributed by atoms with Crippen molar-refractivity contribution in [1.29, 1.82) is 0 Å². The molecule has 6 aromatic rings. The van der Waals surface area contributed by atoms with E-state index in [1.165, 1.54) is 5.56 Å². The molecular weight excluding hydrogens is 644 g/mol. The zero-order valence-electron chi connectivity index (χ0n) is 28.1. The molecule has 10 nitrogen and oxygen atoms in total. The summed E-state index contributed by atoms with van der Waals surface area (Å²) in [7, 11) is 3.14. The largest absolute Gasteiger partial charge is 0.493 e. The topological polar surface area (TPSA) is 104 Å². The fourth-order valence-corrected chi connectivity index (χ4v) is 7.47. The third-order valence-corrected chi connectivity index (χ3v) is 9.94. The first-order valence-electron chi connectivity index (χ1n) is 16.9. The molecule has 0 saturated heterocycles. The molecular formula is C41H34N4O6. The lowest BCUT2D eigenvalue weighted by Gasteiger charge is -2.22. The smallest absolute Gasteiger partial charge is 0.266 e. The fourth-order valence-electron chi connectivity index (χ4n) is 7.47. The number of carbonyl (C=O) groups is 1. The summed E-state index contributed by atoms with van der Waals surface area (Å²) in [6.45, 7) is 1.17. The summed E-state index contributed by atoms with van der Waals surface area (Å²) < 4.78 is 25.6. The molecule has 1 N–H and O–H groups in total. The van der Waals surface area contributed by atoms with E-state index >= 15 is 0 Å². The van der Waals surface area contributed by atoms with Gasteiger partial charge in [0, 0.05) is 30.8 Å². The van der Waals surface area contributed by atoms with E-state index < -0.39 is 0 Å². The number of anilines is 2. The Bertz CT molecular complexity index is 2440. The van der Waals surface area contributed by atoms with Crippen LogP contribution in [0, 0.1) is 0 Å². The number of benzene rings is 5. The molecule has 0 unspecified atom stereocenters. The van der Waals surface area contributed by atoms with Crippen molar-refractivity contribution in [2.24, 2.45) is 0 Å². The number of fused-ring (bicyclic) bond motifs is 8. The molecule has 0 saturated carbocycles. The van der Waals surface area contributed by atoms with Crippen LogP contribution in [-0.4, -0.2) is 42.3 Å². The molecule has 9 rings (SSSR count). The predicted molar refractivity (Wildman–Crippen MR) is 194 cm³/mol. The van der Waals surface area contributed by atoms with E-state index in [2.05, 4.69) is 11.4 Å². The van der Waals surface area contributed by atoms with Crippen molar-refractivity contribution in [3.05, 3.63) is 141 Å². The van der Waals surface area contributed by atoms with Crippen molar-refractivity contribution in [2.75, 3.05) is 31.0 Å². The molecule has 4 heterocycles. The first kappa shape index (κ1) is 30.7. The normalized spacial score (nSPS) is 15.2. The molecule has 1 atom stereocenters. The Morgan fingerprint density at radius 3 is 2.20 bits per heavy atom. The summed E-state index contributed by atoms with van der Waals surface area (Å²) in [5.41, 5.74) is 7.66. The van der Waals surface area contributed by atoms with Crippen molar-refractivity contribution in [2.45, 2.75) is 32.1 Å². The van der Waals surface area contributed by atoms with Gasteiger partial charge in [0.1, 0.15) is 19.0 Å². The van der Waals surface area contributed by atoms with Crippen molar-refractivity contribution < 1.29 is 23.7 Å².